The smallest absolute Gasteiger partial charge is 0.254 e. The highest BCUT2D eigenvalue weighted by Gasteiger charge is 2.25. The lowest BCUT2D eigenvalue weighted by Crippen LogP contribution is -2.41. The van der Waals surface area contributed by atoms with Crippen molar-refractivity contribution >= 4 is 29.2 Å². The van der Waals surface area contributed by atoms with E-state index < -0.39 is 17.6 Å². The summed E-state index contributed by atoms with van der Waals surface area (Å²) in [6.45, 7) is 7.00. The summed E-state index contributed by atoms with van der Waals surface area (Å²) in [6, 6.07) is 5.87. The summed E-state index contributed by atoms with van der Waals surface area (Å²) in [4.78, 5) is 31.2. The van der Waals surface area contributed by atoms with Crippen molar-refractivity contribution in [3.8, 4) is 0 Å². The molecule has 0 spiro atoms. The van der Waals surface area contributed by atoms with Crippen molar-refractivity contribution < 1.29 is 18.4 Å². The fourth-order valence-corrected chi connectivity index (χ4v) is 3.00. The summed E-state index contributed by atoms with van der Waals surface area (Å²) in [5.41, 5.74) is 1.59. The number of rotatable bonds is 7. The molecule has 1 atom stereocenters. The van der Waals surface area contributed by atoms with Crippen LogP contribution >= 0.6 is 11.6 Å². The molecule has 1 aromatic heterocycles. The predicted octanol–water partition coefficient (Wildman–Crippen LogP) is 4.57. The van der Waals surface area contributed by atoms with Crippen LogP contribution in [0.3, 0.4) is 0 Å². The SMILES string of the molecule is C/C=C(/C)C(=O)N(CC(C)C(=O)NCc1ccc(F)c(F)c1Cl)c1ncccc1C. The number of carbonyl (C=O) groups is 2. The second-order valence-corrected chi connectivity index (χ2v) is 7.36. The summed E-state index contributed by atoms with van der Waals surface area (Å²) in [5, 5.41) is 2.29. The van der Waals surface area contributed by atoms with Gasteiger partial charge in [-0.3, -0.25) is 14.5 Å². The van der Waals surface area contributed by atoms with Gasteiger partial charge in [-0.1, -0.05) is 36.7 Å². The van der Waals surface area contributed by atoms with Crippen molar-refractivity contribution in [1.82, 2.24) is 10.3 Å². The summed E-state index contributed by atoms with van der Waals surface area (Å²) in [7, 11) is 0. The molecule has 0 saturated heterocycles. The van der Waals surface area contributed by atoms with Crippen molar-refractivity contribution in [3.63, 3.8) is 0 Å². The van der Waals surface area contributed by atoms with Crippen molar-refractivity contribution in [2.45, 2.75) is 34.2 Å². The van der Waals surface area contributed by atoms with Gasteiger partial charge < -0.3 is 5.32 Å². The fourth-order valence-electron chi connectivity index (χ4n) is 2.78. The van der Waals surface area contributed by atoms with Gasteiger partial charge in [-0.2, -0.15) is 0 Å². The molecule has 2 rings (SSSR count). The molecule has 2 aromatic rings. The van der Waals surface area contributed by atoms with Gasteiger partial charge in [-0.05, 0) is 44.0 Å². The van der Waals surface area contributed by atoms with Crippen LogP contribution in [0.4, 0.5) is 14.6 Å². The molecule has 1 heterocycles. The van der Waals surface area contributed by atoms with E-state index in [-0.39, 0.29) is 35.5 Å². The molecule has 2 amide bonds. The normalized spacial score (nSPS) is 12.4. The van der Waals surface area contributed by atoms with Gasteiger partial charge in [0.2, 0.25) is 5.91 Å². The summed E-state index contributed by atoms with van der Waals surface area (Å²) >= 11 is 5.80. The summed E-state index contributed by atoms with van der Waals surface area (Å²) in [6.07, 6.45) is 3.28. The van der Waals surface area contributed by atoms with Crippen molar-refractivity contribution in [2.75, 3.05) is 11.4 Å². The third kappa shape index (κ3) is 5.42. The number of allylic oxidation sites excluding steroid dienone is 1. The van der Waals surface area contributed by atoms with Crippen molar-refractivity contribution in [2.24, 2.45) is 5.92 Å². The maximum Gasteiger partial charge on any atom is 0.254 e. The summed E-state index contributed by atoms with van der Waals surface area (Å²) in [5.74, 6) is -2.93. The molecule has 160 valence electrons. The van der Waals surface area contributed by atoms with Crippen LogP contribution in [-0.4, -0.2) is 23.3 Å². The number of nitrogens with one attached hydrogen (secondary N) is 1. The van der Waals surface area contributed by atoms with Crippen LogP contribution in [0.25, 0.3) is 0 Å². The Bertz CT molecular complexity index is 979. The quantitative estimate of drug-likeness (QED) is 0.511. The fraction of sp³-hybridized carbons (Fsp3) is 0.318. The monoisotopic (exact) mass is 435 g/mol. The van der Waals surface area contributed by atoms with Crippen molar-refractivity contribution in [3.05, 3.63) is 69.9 Å². The van der Waals surface area contributed by atoms with E-state index in [1.807, 2.05) is 13.0 Å². The second kappa shape index (κ2) is 10.3. The van der Waals surface area contributed by atoms with Crippen LogP contribution in [0.15, 0.2) is 42.1 Å². The maximum absolute atomic E-state index is 13.6. The topological polar surface area (TPSA) is 62.3 Å². The Labute approximate surface area is 179 Å². The molecule has 8 heteroatoms. The first-order valence-electron chi connectivity index (χ1n) is 9.43. The number of hydrogen-bond acceptors (Lipinski definition) is 3. The number of benzene rings is 1. The third-order valence-electron chi connectivity index (χ3n) is 4.73. The molecule has 30 heavy (non-hydrogen) atoms. The lowest BCUT2D eigenvalue weighted by molar-refractivity contribution is -0.124. The zero-order chi connectivity index (χ0) is 22.4. The van der Waals surface area contributed by atoms with Gasteiger partial charge in [0.25, 0.3) is 5.91 Å². The number of hydrogen-bond donors (Lipinski definition) is 1. The Morgan fingerprint density at radius 3 is 2.63 bits per heavy atom. The molecule has 0 aliphatic carbocycles. The van der Waals surface area contributed by atoms with Gasteiger partial charge >= 0.3 is 0 Å². The molecular formula is C22H24ClF2N3O2. The highest BCUT2D eigenvalue weighted by atomic mass is 35.5. The minimum Gasteiger partial charge on any atom is -0.352 e. The number of aryl methyl sites for hydroxylation is 1. The maximum atomic E-state index is 13.6. The number of halogens is 3. The van der Waals surface area contributed by atoms with E-state index in [1.165, 1.54) is 11.0 Å². The van der Waals surface area contributed by atoms with Gasteiger partial charge in [-0.15, -0.1) is 0 Å². The Morgan fingerprint density at radius 1 is 1.30 bits per heavy atom. The van der Waals surface area contributed by atoms with Crippen LogP contribution in [0, 0.1) is 24.5 Å². The molecule has 0 saturated carbocycles. The van der Waals surface area contributed by atoms with E-state index in [9.17, 15) is 18.4 Å². The summed E-state index contributed by atoms with van der Waals surface area (Å²) < 4.78 is 26.8. The zero-order valence-corrected chi connectivity index (χ0v) is 18.1. The Kier molecular flexibility index (Phi) is 8.06. The first-order valence-corrected chi connectivity index (χ1v) is 9.81. The van der Waals surface area contributed by atoms with E-state index in [2.05, 4.69) is 10.3 Å². The molecule has 0 radical (unpaired) electrons. The van der Waals surface area contributed by atoms with Gasteiger partial charge in [-0.25, -0.2) is 13.8 Å². The van der Waals surface area contributed by atoms with E-state index in [0.29, 0.717) is 11.4 Å². The molecule has 0 aliphatic heterocycles. The number of nitrogens with zero attached hydrogens (tertiary/aromatic N) is 2. The lowest BCUT2D eigenvalue weighted by atomic mass is 10.1. The molecule has 0 fully saturated rings. The number of anilines is 1. The predicted molar refractivity (Wildman–Crippen MR) is 113 cm³/mol. The first kappa shape index (κ1) is 23.5. The van der Waals surface area contributed by atoms with Crippen LogP contribution in [0.5, 0.6) is 0 Å². The van der Waals surface area contributed by atoms with Gasteiger partial charge in [0.15, 0.2) is 11.6 Å². The van der Waals surface area contributed by atoms with Crippen LogP contribution < -0.4 is 10.2 Å². The Hall–Kier alpha value is -2.80. The molecule has 0 bridgehead atoms. The average molecular weight is 436 g/mol. The minimum absolute atomic E-state index is 0.0658. The van der Waals surface area contributed by atoms with E-state index >= 15 is 0 Å². The first-order chi connectivity index (χ1) is 14.2. The highest BCUT2D eigenvalue weighted by Crippen LogP contribution is 2.23. The molecule has 1 N–H and O–H groups in total. The number of carbonyl (C=O) groups excluding carboxylic acids is 2. The van der Waals surface area contributed by atoms with E-state index in [4.69, 9.17) is 11.6 Å². The lowest BCUT2D eigenvalue weighted by Gasteiger charge is -2.26. The molecule has 1 aromatic carbocycles. The van der Waals surface area contributed by atoms with Gasteiger partial charge in [0.1, 0.15) is 5.82 Å². The largest absolute Gasteiger partial charge is 0.352 e. The van der Waals surface area contributed by atoms with Gasteiger partial charge in [0, 0.05) is 24.9 Å². The van der Waals surface area contributed by atoms with Crippen LogP contribution in [-0.2, 0) is 16.1 Å². The van der Waals surface area contributed by atoms with Gasteiger partial charge in [0.05, 0.1) is 10.9 Å². The second-order valence-electron chi connectivity index (χ2n) is 6.98. The highest BCUT2D eigenvalue weighted by molar-refractivity contribution is 6.31. The molecule has 5 nitrogen and oxygen atoms in total. The number of aromatic nitrogens is 1. The van der Waals surface area contributed by atoms with E-state index in [1.54, 1.807) is 39.1 Å². The molecule has 0 aliphatic rings. The average Bonchev–Trinajstić information content (AvgIpc) is 2.74. The number of pyridine rings is 1. The Morgan fingerprint density at radius 2 is 2.00 bits per heavy atom. The van der Waals surface area contributed by atoms with Crippen LogP contribution in [0.1, 0.15) is 31.9 Å². The van der Waals surface area contributed by atoms with Crippen molar-refractivity contribution in [1.29, 1.82) is 0 Å². The Balaban J connectivity index is 2.16. The molecular weight excluding hydrogens is 412 g/mol. The van der Waals surface area contributed by atoms with E-state index in [0.717, 1.165) is 11.6 Å². The zero-order valence-electron chi connectivity index (χ0n) is 17.3. The molecule has 1 unspecified atom stereocenters. The van der Waals surface area contributed by atoms with Crippen LogP contribution in [0.2, 0.25) is 5.02 Å². The standard InChI is InChI=1S/C22H24ClF2N3O2/c1-5-13(2)22(30)28(20-14(3)7-6-10-26-20)12-15(4)21(29)27-11-16-8-9-17(24)19(25)18(16)23/h5-10,15H,11-12H2,1-4H3,(H,27,29)/b13-5-. The number of amides is 2. The third-order valence-corrected chi connectivity index (χ3v) is 5.13. The minimum atomic E-state index is -1.15.